The molecule has 0 saturated carbocycles. The van der Waals surface area contributed by atoms with Gasteiger partial charge in [0.15, 0.2) is 0 Å². The highest BCUT2D eigenvalue weighted by Gasteiger charge is 2.05. The summed E-state index contributed by atoms with van der Waals surface area (Å²) in [6.45, 7) is 4.91. The van der Waals surface area contributed by atoms with Crippen LogP contribution in [0.1, 0.15) is 23.7 Å². The molecule has 6 heteroatoms. The maximum atomic E-state index is 11.4. The van der Waals surface area contributed by atoms with Crippen molar-refractivity contribution in [2.75, 3.05) is 26.2 Å². The van der Waals surface area contributed by atoms with Gasteiger partial charge in [0, 0.05) is 25.1 Å². The Hall–Kier alpha value is -2.10. The van der Waals surface area contributed by atoms with Crippen molar-refractivity contribution < 1.29 is 9.53 Å². The quantitative estimate of drug-likeness (QED) is 0.418. The summed E-state index contributed by atoms with van der Waals surface area (Å²) < 4.78 is 5.61. The van der Waals surface area contributed by atoms with Gasteiger partial charge < -0.3 is 4.74 Å². The number of likely N-dealkylation sites (N-methyl/N-ethyl adjacent to an activating group) is 1. The number of nitrogens with two attached hydrogens (primary N) is 1. The van der Waals surface area contributed by atoms with E-state index < -0.39 is 0 Å². The van der Waals surface area contributed by atoms with Gasteiger partial charge in [0.25, 0.3) is 5.91 Å². The number of amides is 1. The molecule has 0 bridgehead atoms. The van der Waals surface area contributed by atoms with E-state index in [0.29, 0.717) is 24.3 Å². The Labute approximate surface area is 119 Å². The number of carbonyl (C=O) groups is 1. The molecular formula is C14H20N4O2. The van der Waals surface area contributed by atoms with Crippen LogP contribution < -0.4 is 16.0 Å². The Kier molecular flexibility index (Phi) is 7.11. The lowest BCUT2D eigenvalue weighted by atomic mass is 10.2. The zero-order valence-corrected chi connectivity index (χ0v) is 11.6. The van der Waals surface area contributed by atoms with Crippen LogP contribution in [0.4, 0.5) is 0 Å². The monoisotopic (exact) mass is 276 g/mol. The zero-order chi connectivity index (χ0) is 14.8. The summed E-state index contributed by atoms with van der Waals surface area (Å²) in [6, 6.07) is 8.98. The molecule has 20 heavy (non-hydrogen) atoms. The van der Waals surface area contributed by atoms with Gasteiger partial charge in [-0.1, -0.05) is 13.0 Å². The van der Waals surface area contributed by atoms with E-state index in [2.05, 4.69) is 16.4 Å². The molecule has 0 aliphatic heterocycles. The summed E-state index contributed by atoms with van der Waals surface area (Å²) >= 11 is 0. The van der Waals surface area contributed by atoms with Crippen molar-refractivity contribution >= 4 is 5.91 Å². The van der Waals surface area contributed by atoms with Crippen molar-refractivity contribution in [3.63, 3.8) is 0 Å². The number of nitrogens with zero attached hydrogens (tertiary/aromatic N) is 2. The molecular weight excluding hydrogens is 256 g/mol. The van der Waals surface area contributed by atoms with E-state index in [9.17, 15) is 4.79 Å². The van der Waals surface area contributed by atoms with E-state index in [4.69, 9.17) is 15.8 Å². The van der Waals surface area contributed by atoms with E-state index >= 15 is 0 Å². The molecule has 0 aliphatic carbocycles. The molecule has 0 atom stereocenters. The summed E-state index contributed by atoms with van der Waals surface area (Å²) in [5.41, 5.74) is 2.54. The first kappa shape index (κ1) is 16.0. The molecule has 1 aromatic rings. The number of nitrogen functional groups attached to an aromatic ring is 1. The summed E-state index contributed by atoms with van der Waals surface area (Å²) in [4.78, 5) is 13.5. The fourth-order valence-electron chi connectivity index (χ4n) is 1.74. The fourth-order valence-corrected chi connectivity index (χ4v) is 1.74. The second-order valence-corrected chi connectivity index (χ2v) is 4.19. The lowest BCUT2D eigenvalue weighted by Crippen LogP contribution is -2.30. The van der Waals surface area contributed by atoms with Gasteiger partial charge in [-0.05, 0) is 24.7 Å². The molecule has 3 N–H and O–H groups in total. The highest BCUT2D eigenvalue weighted by Crippen LogP contribution is 2.13. The number of hydrogen-bond donors (Lipinski definition) is 2. The lowest BCUT2D eigenvalue weighted by molar-refractivity contribution is 0.0953. The Balaban J connectivity index is 2.45. The second-order valence-electron chi connectivity index (χ2n) is 4.19. The minimum absolute atomic E-state index is 0.348. The van der Waals surface area contributed by atoms with E-state index in [1.807, 2.05) is 6.92 Å². The van der Waals surface area contributed by atoms with Gasteiger partial charge in [-0.15, -0.1) is 0 Å². The minimum Gasteiger partial charge on any atom is -0.492 e. The molecule has 1 rings (SSSR count). The number of hydrogen-bond acceptors (Lipinski definition) is 5. The second kappa shape index (κ2) is 8.91. The number of nitrogens with one attached hydrogen (secondary N) is 1. The molecule has 1 amide bonds. The Bertz CT molecular complexity index is 470. The number of nitriles is 1. The summed E-state index contributed by atoms with van der Waals surface area (Å²) in [6.07, 6.45) is 0.514. The van der Waals surface area contributed by atoms with Crippen molar-refractivity contribution in [2.45, 2.75) is 13.3 Å². The van der Waals surface area contributed by atoms with Gasteiger partial charge >= 0.3 is 0 Å². The molecule has 0 radical (unpaired) electrons. The van der Waals surface area contributed by atoms with E-state index in [1.165, 1.54) is 0 Å². The number of ether oxygens (including phenoxy) is 1. The summed E-state index contributed by atoms with van der Waals surface area (Å²) in [5, 5.41) is 8.56. The molecule has 0 aliphatic rings. The average Bonchev–Trinajstić information content (AvgIpc) is 2.50. The first-order chi connectivity index (χ1) is 9.71. The number of rotatable bonds is 8. The molecule has 6 nitrogen and oxygen atoms in total. The number of hydrazine groups is 1. The lowest BCUT2D eigenvalue weighted by Gasteiger charge is -2.19. The zero-order valence-electron chi connectivity index (χ0n) is 11.6. The highest BCUT2D eigenvalue weighted by atomic mass is 16.5. The van der Waals surface area contributed by atoms with Gasteiger partial charge in [-0.2, -0.15) is 5.26 Å². The van der Waals surface area contributed by atoms with E-state index in [0.717, 1.165) is 19.6 Å². The van der Waals surface area contributed by atoms with Crippen LogP contribution in [0, 0.1) is 11.3 Å². The predicted molar refractivity (Wildman–Crippen MR) is 75.9 cm³/mol. The molecule has 0 unspecified atom stereocenters. The third kappa shape index (κ3) is 5.26. The van der Waals surface area contributed by atoms with Crippen LogP contribution in [-0.2, 0) is 0 Å². The van der Waals surface area contributed by atoms with Gasteiger partial charge in [-0.3, -0.25) is 15.1 Å². The van der Waals surface area contributed by atoms with Crippen LogP contribution in [-0.4, -0.2) is 37.0 Å². The Morgan fingerprint density at radius 2 is 2.30 bits per heavy atom. The van der Waals surface area contributed by atoms with Gasteiger partial charge in [0.1, 0.15) is 12.4 Å². The third-order valence-corrected chi connectivity index (χ3v) is 2.89. The molecule has 0 heterocycles. The van der Waals surface area contributed by atoms with Gasteiger partial charge in [0.2, 0.25) is 0 Å². The molecule has 0 fully saturated rings. The SMILES string of the molecule is CCN(CCC#N)CCOc1cccc(C(=O)NN)c1. The standard InChI is InChI=1S/C14H20N4O2/c1-2-18(8-4-7-15)9-10-20-13-6-3-5-12(11-13)14(19)17-16/h3,5-6,11H,2,4,8-10,16H2,1H3,(H,17,19). The van der Waals surface area contributed by atoms with Gasteiger partial charge in [0.05, 0.1) is 6.07 Å². The number of carbonyl (C=O) groups excluding carboxylic acids is 1. The maximum Gasteiger partial charge on any atom is 0.265 e. The van der Waals surface area contributed by atoms with Crippen LogP contribution in [0.3, 0.4) is 0 Å². The van der Waals surface area contributed by atoms with Crippen molar-refractivity contribution in [3.8, 4) is 11.8 Å². The minimum atomic E-state index is -0.348. The van der Waals surface area contributed by atoms with E-state index in [-0.39, 0.29) is 5.91 Å². The summed E-state index contributed by atoms with van der Waals surface area (Å²) in [5.74, 6) is 5.36. The Morgan fingerprint density at radius 1 is 1.50 bits per heavy atom. The normalized spacial score (nSPS) is 10.1. The molecule has 0 saturated heterocycles. The number of benzene rings is 1. The van der Waals surface area contributed by atoms with Crippen LogP contribution in [0.2, 0.25) is 0 Å². The molecule has 1 aromatic carbocycles. The first-order valence-electron chi connectivity index (χ1n) is 6.54. The largest absolute Gasteiger partial charge is 0.492 e. The van der Waals surface area contributed by atoms with Crippen LogP contribution in [0.15, 0.2) is 24.3 Å². The highest BCUT2D eigenvalue weighted by molar-refractivity contribution is 5.94. The third-order valence-electron chi connectivity index (χ3n) is 2.89. The topological polar surface area (TPSA) is 91.4 Å². The predicted octanol–water partition coefficient (Wildman–Crippen LogP) is 0.904. The van der Waals surface area contributed by atoms with Crippen LogP contribution in [0.5, 0.6) is 5.75 Å². The van der Waals surface area contributed by atoms with Crippen molar-refractivity contribution in [2.24, 2.45) is 5.84 Å². The Morgan fingerprint density at radius 3 is 2.95 bits per heavy atom. The average molecular weight is 276 g/mol. The van der Waals surface area contributed by atoms with E-state index in [1.54, 1.807) is 24.3 Å². The van der Waals surface area contributed by atoms with Crippen molar-refractivity contribution in [1.82, 2.24) is 10.3 Å². The summed E-state index contributed by atoms with van der Waals surface area (Å²) in [7, 11) is 0. The van der Waals surface area contributed by atoms with Crippen molar-refractivity contribution in [1.29, 1.82) is 5.26 Å². The molecule has 0 aromatic heterocycles. The maximum absolute atomic E-state index is 11.4. The van der Waals surface area contributed by atoms with Crippen molar-refractivity contribution in [3.05, 3.63) is 29.8 Å². The van der Waals surface area contributed by atoms with Gasteiger partial charge in [-0.25, -0.2) is 5.84 Å². The van der Waals surface area contributed by atoms with Crippen LogP contribution >= 0.6 is 0 Å². The smallest absolute Gasteiger partial charge is 0.265 e. The van der Waals surface area contributed by atoms with Crippen LogP contribution in [0.25, 0.3) is 0 Å². The molecule has 0 spiro atoms. The molecule has 108 valence electrons. The fraction of sp³-hybridized carbons (Fsp3) is 0.429. The first-order valence-corrected chi connectivity index (χ1v) is 6.54.